The van der Waals surface area contributed by atoms with Crippen molar-refractivity contribution >= 4 is 63.6 Å². The van der Waals surface area contributed by atoms with E-state index in [4.69, 9.17) is 14.2 Å². The molecule has 0 saturated carbocycles. The van der Waals surface area contributed by atoms with Crippen LogP contribution in [0.1, 0.15) is 58.6 Å². The molecule has 21 heteroatoms. The number of halogens is 6. The number of thiazole rings is 2. The summed E-state index contributed by atoms with van der Waals surface area (Å²) in [7, 11) is 0. The Balaban J connectivity index is 0.000000161. The van der Waals surface area contributed by atoms with Crippen LogP contribution in [0.15, 0.2) is 59.6 Å². The number of rotatable bonds is 5. The van der Waals surface area contributed by atoms with Crippen molar-refractivity contribution in [3.63, 3.8) is 0 Å². The Morgan fingerprint density at radius 2 is 1.11 bits per heavy atom. The average Bonchev–Trinajstić information content (AvgIpc) is 4.05. The molecule has 4 aromatic rings. The topological polar surface area (TPSA) is 166 Å². The number of benzene rings is 2. The maximum atomic E-state index is 13.9. The van der Waals surface area contributed by atoms with Crippen LogP contribution in [0.25, 0.3) is 21.1 Å². The number of alkyl halides is 6. The lowest BCUT2D eigenvalue weighted by Crippen LogP contribution is -2.50. The molecule has 13 nitrogen and oxygen atoms in total. The number of hydrogen-bond donors (Lipinski definition) is 1. The molecule has 1 N–H and O–H groups in total. The third-order valence-electron chi connectivity index (χ3n) is 13.3. The molecule has 0 radical (unpaired) electrons. The van der Waals surface area contributed by atoms with Crippen molar-refractivity contribution < 1.29 is 69.6 Å². The van der Waals surface area contributed by atoms with Crippen LogP contribution in [0.5, 0.6) is 0 Å². The molecule has 4 unspecified atom stereocenters. The number of amides is 4. The van der Waals surface area contributed by atoms with Gasteiger partial charge in [0.1, 0.15) is 27.3 Å². The van der Waals surface area contributed by atoms with Crippen molar-refractivity contribution in [3.8, 4) is 21.1 Å². The Morgan fingerprint density at radius 3 is 1.52 bits per heavy atom. The Hall–Kier alpha value is -5.09. The Labute approximate surface area is 362 Å². The number of esters is 1. The van der Waals surface area contributed by atoms with Gasteiger partial charge in [-0.3, -0.25) is 24.0 Å². The van der Waals surface area contributed by atoms with Gasteiger partial charge >= 0.3 is 18.3 Å². The molecule has 63 heavy (non-hydrogen) atoms. The summed E-state index contributed by atoms with van der Waals surface area (Å²) in [4.78, 5) is 74.2. The van der Waals surface area contributed by atoms with E-state index in [1.165, 1.54) is 43.6 Å². The van der Waals surface area contributed by atoms with Crippen molar-refractivity contribution in [2.45, 2.75) is 94.4 Å². The van der Waals surface area contributed by atoms with Crippen molar-refractivity contribution in [1.82, 2.24) is 9.97 Å². The first-order valence-corrected chi connectivity index (χ1v) is 21.3. The standard InChI is InChI=1S/C22H19F3N2O5S.C20H17F3N2O4S/c1-10(28)31-14-9-20(2)15-16(21(14,3)32-20)19(30)27(18(15)29)11-4-5-12(17-26-6-7-33-17)13(8-11)22(23,24)25;1-18-8-12(26)19(2,29-18)14-13(18)16(27)25(17(14)28)9-3-4-10(15-24-5-6-30-15)11(7-9)20(21,22)23/h4-8,14-16H,9H2,1-3H3;3-7,12-14,26H,8H2,1-2H3/t14-,15+,16-,20?,21?;12-,13+,14-,18?,19?/m00/s1. The summed E-state index contributed by atoms with van der Waals surface area (Å²) in [5, 5.41) is 13.9. The van der Waals surface area contributed by atoms with Gasteiger partial charge in [0.2, 0.25) is 23.6 Å². The van der Waals surface area contributed by atoms with Gasteiger partial charge in [0.25, 0.3) is 0 Å². The highest BCUT2D eigenvalue weighted by Gasteiger charge is 2.77. The molecule has 2 aromatic heterocycles. The minimum Gasteiger partial charge on any atom is -0.459 e. The predicted octanol–water partition coefficient (Wildman–Crippen LogP) is 7.06. The molecule has 2 aromatic carbocycles. The predicted molar refractivity (Wildman–Crippen MR) is 211 cm³/mol. The Kier molecular flexibility index (Phi) is 9.56. The zero-order valence-corrected chi connectivity index (χ0v) is 35.4. The molecular formula is C42H36F6N4O9S2. The van der Waals surface area contributed by atoms with Gasteiger partial charge in [-0.15, -0.1) is 22.7 Å². The molecule has 10 atom stereocenters. The third-order valence-corrected chi connectivity index (χ3v) is 14.9. The van der Waals surface area contributed by atoms with E-state index in [0.29, 0.717) is 0 Å². The van der Waals surface area contributed by atoms with Gasteiger partial charge in [0, 0.05) is 54.0 Å². The highest BCUT2D eigenvalue weighted by Crippen LogP contribution is 2.63. The molecular weight excluding hydrogens is 883 g/mol. The van der Waals surface area contributed by atoms with E-state index in [2.05, 4.69) is 9.97 Å². The number of carbonyl (C=O) groups excluding carboxylic acids is 5. The molecule has 10 rings (SSSR count). The lowest BCUT2D eigenvalue weighted by Gasteiger charge is -2.34. The second-order valence-electron chi connectivity index (χ2n) is 17.3. The van der Waals surface area contributed by atoms with Gasteiger partial charge in [0.05, 0.1) is 63.5 Å². The van der Waals surface area contributed by atoms with Crippen LogP contribution in [0.4, 0.5) is 37.7 Å². The summed E-state index contributed by atoms with van der Waals surface area (Å²) in [6, 6.07) is 6.73. The number of nitrogens with zero attached hydrogens (tertiary/aromatic N) is 4. The summed E-state index contributed by atoms with van der Waals surface area (Å²) in [5.74, 6) is -6.70. The number of fused-ring (bicyclic) bond motifs is 10. The molecule has 332 valence electrons. The normalized spacial score (nSPS) is 34.2. The molecule has 8 heterocycles. The number of aliphatic hydroxyl groups excluding tert-OH is 1. The van der Waals surface area contributed by atoms with Crippen LogP contribution >= 0.6 is 22.7 Å². The Bertz CT molecular complexity index is 2610. The van der Waals surface area contributed by atoms with Crippen molar-refractivity contribution in [3.05, 3.63) is 70.7 Å². The number of aliphatic hydroxyl groups is 1. The van der Waals surface area contributed by atoms with Crippen LogP contribution in [-0.2, 0) is 50.5 Å². The second kappa shape index (κ2) is 14.0. The monoisotopic (exact) mass is 918 g/mol. The van der Waals surface area contributed by atoms with Crippen LogP contribution in [0.2, 0.25) is 0 Å². The Morgan fingerprint density at radius 1 is 0.698 bits per heavy atom. The van der Waals surface area contributed by atoms with E-state index in [1.807, 2.05) is 0 Å². The van der Waals surface area contributed by atoms with Gasteiger partial charge in [-0.1, -0.05) is 0 Å². The van der Waals surface area contributed by atoms with E-state index in [9.17, 15) is 55.4 Å². The number of ether oxygens (including phenoxy) is 3. The first-order chi connectivity index (χ1) is 29.3. The number of imide groups is 2. The van der Waals surface area contributed by atoms with Crippen molar-refractivity contribution in [2.75, 3.05) is 9.80 Å². The summed E-state index contributed by atoms with van der Waals surface area (Å²) < 4.78 is 100. The lowest BCUT2D eigenvalue weighted by atomic mass is 9.67. The molecule has 0 aliphatic carbocycles. The number of carbonyl (C=O) groups is 5. The van der Waals surface area contributed by atoms with Crippen molar-refractivity contribution in [1.29, 1.82) is 0 Å². The van der Waals surface area contributed by atoms with Crippen LogP contribution in [-0.4, -0.2) is 79.3 Å². The third kappa shape index (κ3) is 6.31. The molecule has 6 aliphatic heterocycles. The number of aromatic nitrogens is 2. The minimum absolute atomic E-state index is 0.113. The fourth-order valence-corrected chi connectivity index (χ4v) is 12.1. The first-order valence-electron chi connectivity index (χ1n) is 19.6. The van der Waals surface area contributed by atoms with E-state index in [1.54, 1.807) is 38.5 Å². The van der Waals surface area contributed by atoms with E-state index >= 15 is 0 Å². The summed E-state index contributed by atoms with van der Waals surface area (Å²) in [6.07, 6.45) is -7.88. The fraction of sp³-hybridized carbons (Fsp3) is 0.452. The van der Waals surface area contributed by atoms with Gasteiger partial charge in [-0.05, 0) is 64.1 Å². The van der Waals surface area contributed by atoms with Crippen LogP contribution < -0.4 is 9.80 Å². The fourth-order valence-electron chi connectivity index (χ4n) is 10.8. The lowest BCUT2D eigenvalue weighted by molar-refractivity contribution is -0.159. The maximum Gasteiger partial charge on any atom is 0.417 e. The minimum atomic E-state index is -4.72. The largest absolute Gasteiger partial charge is 0.459 e. The second-order valence-corrected chi connectivity index (χ2v) is 19.1. The summed E-state index contributed by atoms with van der Waals surface area (Å²) in [6.45, 7) is 7.76. The van der Waals surface area contributed by atoms with Gasteiger partial charge in [0.15, 0.2) is 0 Å². The van der Waals surface area contributed by atoms with Gasteiger partial charge in [-0.25, -0.2) is 19.8 Å². The average molecular weight is 919 g/mol. The number of hydrogen-bond acceptors (Lipinski definition) is 13. The molecule has 0 spiro atoms. The van der Waals surface area contributed by atoms with E-state index < -0.39 is 111 Å². The summed E-state index contributed by atoms with van der Waals surface area (Å²) in [5.41, 5.74) is -7.10. The zero-order valence-electron chi connectivity index (χ0n) is 33.7. The number of anilines is 2. The van der Waals surface area contributed by atoms with Crippen LogP contribution in [0.3, 0.4) is 0 Å². The van der Waals surface area contributed by atoms with E-state index in [0.717, 1.165) is 44.6 Å². The van der Waals surface area contributed by atoms with Crippen LogP contribution in [0, 0.1) is 23.7 Å². The molecule has 4 bridgehead atoms. The molecule has 4 amide bonds. The SMILES string of the molecule is CC(=O)O[C@H]1CC2(C)OC1(C)[C@@H]1C(=O)N(c3ccc(-c4nccs4)c(C(F)(F)F)c3)C(=O)[C@@H]12.CC12C[C@H](O)C(C)(O1)[C@@H]1C(=O)N(c3ccc(-c4nccs4)c(C(F)(F)F)c3)C(=O)[C@@H]12. The van der Waals surface area contributed by atoms with Crippen molar-refractivity contribution in [2.24, 2.45) is 23.7 Å². The molecule has 6 fully saturated rings. The smallest absolute Gasteiger partial charge is 0.417 e. The maximum absolute atomic E-state index is 13.9. The summed E-state index contributed by atoms with van der Waals surface area (Å²) >= 11 is 2.12. The molecule has 6 saturated heterocycles. The highest BCUT2D eigenvalue weighted by atomic mass is 32.1. The molecule has 6 aliphatic rings. The zero-order chi connectivity index (χ0) is 45.6. The van der Waals surface area contributed by atoms with E-state index in [-0.39, 0.29) is 45.4 Å². The highest BCUT2D eigenvalue weighted by molar-refractivity contribution is 7.13. The van der Waals surface area contributed by atoms with Gasteiger partial charge in [-0.2, -0.15) is 26.3 Å². The quantitative estimate of drug-likeness (QED) is 0.124. The first kappa shape index (κ1) is 43.2. The van der Waals surface area contributed by atoms with Gasteiger partial charge < -0.3 is 19.3 Å².